The lowest BCUT2D eigenvalue weighted by molar-refractivity contribution is -0.133. The average molecular weight is 247 g/mol. The summed E-state index contributed by atoms with van der Waals surface area (Å²) in [5, 5.41) is 17.4. The monoisotopic (exact) mass is 247 g/mol. The summed E-state index contributed by atoms with van der Waals surface area (Å²) in [7, 11) is 0. The van der Waals surface area contributed by atoms with Gasteiger partial charge in [0.05, 0.1) is 11.5 Å². The highest BCUT2D eigenvalue weighted by Gasteiger charge is 2.21. The van der Waals surface area contributed by atoms with Gasteiger partial charge in [-0.3, -0.25) is 9.59 Å². The summed E-state index contributed by atoms with van der Waals surface area (Å²) in [6.07, 6.45) is 1.68. The second kappa shape index (κ2) is 6.75. The number of rotatable bonds is 5. The minimum Gasteiger partial charge on any atom is -0.481 e. The van der Waals surface area contributed by atoms with Crippen molar-refractivity contribution in [2.24, 2.45) is 5.92 Å². The normalized spacial score (nSPS) is 17.4. The standard InChI is InChI=1S/C10H17NO4S/c12-5-8-1-3-11(4-2-8)9(13)6-16-7-10(14)15/h8,12H,1-7H2,(H,14,15). The summed E-state index contributed by atoms with van der Waals surface area (Å²) in [5.41, 5.74) is 0. The predicted octanol–water partition coefficient (Wildman–Crippen LogP) is 0.0351. The Morgan fingerprint density at radius 3 is 2.38 bits per heavy atom. The van der Waals surface area contributed by atoms with E-state index in [9.17, 15) is 9.59 Å². The molecule has 0 aromatic rings. The third kappa shape index (κ3) is 4.40. The molecule has 0 bridgehead atoms. The van der Waals surface area contributed by atoms with E-state index in [1.807, 2.05) is 0 Å². The predicted molar refractivity (Wildman–Crippen MR) is 61.4 cm³/mol. The fraction of sp³-hybridized carbons (Fsp3) is 0.800. The molecule has 0 unspecified atom stereocenters. The van der Waals surface area contributed by atoms with Crippen molar-refractivity contribution in [3.63, 3.8) is 0 Å². The molecule has 1 fully saturated rings. The molecule has 6 heteroatoms. The molecule has 0 atom stereocenters. The zero-order valence-electron chi connectivity index (χ0n) is 9.09. The quantitative estimate of drug-likeness (QED) is 0.717. The molecule has 1 rings (SSSR count). The second-order valence-electron chi connectivity index (χ2n) is 3.89. The maximum absolute atomic E-state index is 11.6. The molecule has 16 heavy (non-hydrogen) atoms. The van der Waals surface area contributed by atoms with Crippen molar-refractivity contribution in [3.8, 4) is 0 Å². The smallest absolute Gasteiger partial charge is 0.313 e. The number of carboxylic acids is 1. The van der Waals surface area contributed by atoms with Crippen LogP contribution in [0.15, 0.2) is 0 Å². The number of thioether (sulfide) groups is 1. The molecule has 1 aliphatic heterocycles. The van der Waals surface area contributed by atoms with E-state index >= 15 is 0 Å². The SMILES string of the molecule is O=C(O)CSCC(=O)N1CCC(CO)CC1. The molecule has 5 nitrogen and oxygen atoms in total. The molecule has 0 saturated carbocycles. The van der Waals surface area contributed by atoms with Crippen molar-refractivity contribution in [1.82, 2.24) is 4.90 Å². The van der Waals surface area contributed by atoms with E-state index in [4.69, 9.17) is 10.2 Å². The van der Waals surface area contributed by atoms with Crippen LogP contribution in [0.5, 0.6) is 0 Å². The Labute approximate surface area is 98.8 Å². The van der Waals surface area contributed by atoms with Gasteiger partial charge in [-0.2, -0.15) is 0 Å². The van der Waals surface area contributed by atoms with Crippen LogP contribution in [0.4, 0.5) is 0 Å². The van der Waals surface area contributed by atoms with Crippen molar-refractivity contribution in [1.29, 1.82) is 0 Å². The number of nitrogens with zero attached hydrogens (tertiary/aromatic N) is 1. The molecule has 0 aliphatic carbocycles. The van der Waals surface area contributed by atoms with Crippen LogP contribution in [0.1, 0.15) is 12.8 Å². The Balaban J connectivity index is 2.20. The van der Waals surface area contributed by atoms with Crippen molar-refractivity contribution in [2.75, 3.05) is 31.2 Å². The number of aliphatic hydroxyl groups excluding tert-OH is 1. The van der Waals surface area contributed by atoms with E-state index in [0.29, 0.717) is 19.0 Å². The highest BCUT2D eigenvalue weighted by Crippen LogP contribution is 2.17. The van der Waals surface area contributed by atoms with E-state index < -0.39 is 5.97 Å². The van der Waals surface area contributed by atoms with Crippen LogP contribution in [0.25, 0.3) is 0 Å². The Kier molecular flexibility index (Phi) is 5.62. The molecule has 1 aliphatic rings. The van der Waals surface area contributed by atoms with Gasteiger partial charge in [0.15, 0.2) is 0 Å². The maximum atomic E-state index is 11.6. The number of hydrogen-bond donors (Lipinski definition) is 2. The molecule has 1 amide bonds. The first kappa shape index (κ1) is 13.3. The molecule has 2 N–H and O–H groups in total. The van der Waals surface area contributed by atoms with Crippen molar-refractivity contribution in [3.05, 3.63) is 0 Å². The van der Waals surface area contributed by atoms with Crippen molar-refractivity contribution in [2.45, 2.75) is 12.8 Å². The third-order valence-electron chi connectivity index (χ3n) is 2.68. The first-order valence-corrected chi connectivity index (χ1v) is 6.47. The van der Waals surface area contributed by atoms with Crippen LogP contribution in [0.3, 0.4) is 0 Å². The van der Waals surface area contributed by atoms with Gasteiger partial charge in [0.25, 0.3) is 0 Å². The number of aliphatic carboxylic acids is 1. The van der Waals surface area contributed by atoms with Crippen LogP contribution in [-0.4, -0.2) is 58.2 Å². The first-order valence-electron chi connectivity index (χ1n) is 5.31. The van der Waals surface area contributed by atoms with E-state index in [0.717, 1.165) is 24.6 Å². The lowest BCUT2D eigenvalue weighted by Crippen LogP contribution is -2.40. The molecule has 0 radical (unpaired) electrons. The molecule has 0 spiro atoms. The highest BCUT2D eigenvalue weighted by atomic mass is 32.2. The van der Waals surface area contributed by atoms with Gasteiger partial charge in [-0.15, -0.1) is 11.8 Å². The largest absolute Gasteiger partial charge is 0.481 e. The van der Waals surface area contributed by atoms with Crippen LogP contribution >= 0.6 is 11.8 Å². The van der Waals surface area contributed by atoms with E-state index in [1.165, 1.54) is 0 Å². The lowest BCUT2D eigenvalue weighted by atomic mass is 9.98. The molecule has 1 saturated heterocycles. The number of piperidine rings is 1. The van der Waals surface area contributed by atoms with Gasteiger partial charge in [-0.25, -0.2) is 0 Å². The van der Waals surface area contributed by atoms with E-state index in [1.54, 1.807) is 4.90 Å². The number of hydrogen-bond acceptors (Lipinski definition) is 4. The first-order chi connectivity index (χ1) is 7.63. The average Bonchev–Trinajstić information content (AvgIpc) is 2.28. The number of carbonyl (C=O) groups excluding carboxylic acids is 1. The topological polar surface area (TPSA) is 77.8 Å². The fourth-order valence-corrected chi connectivity index (χ4v) is 2.32. The highest BCUT2D eigenvalue weighted by molar-refractivity contribution is 8.00. The van der Waals surface area contributed by atoms with Gasteiger partial charge < -0.3 is 15.1 Å². The Hall–Kier alpha value is -0.750. The summed E-state index contributed by atoms with van der Waals surface area (Å²) in [6, 6.07) is 0. The molecular formula is C10H17NO4S. The fourth-order valence-electron chi connectivity index (χ4n) is 1.68. The van der Waals surface area contributed by atoms with Crippen molar-refractivity contribution >= 4 is 23.6 Å². The lowest BCUT2D eigenvalue weighted by Gasteiger charge is -2.31. The van der Waals surface area contributed by atoms with Crippen LogP contribution < -0.4 is 0 Å². The van der Waals surface area contributed by atoms with Crippen molar-refractivity contribution < 1.29 is 19.8 Å². The maximum Gasteiger partial charge on any atom is 0.313 e. The Morgan fingerprint density at radius 1 is 1.25 bits per heavy atom. The summed E-state index contributed by atoms with van der Waals surface area (Å²) >= 11 is 1.13. The van der Waals surface area contributed by atoms with E-state index in [-0.39, 0.29) is 24.0 Å². The van der Waals surface area contributed by atoms with Gasteiger partial charge in [-0.1, -0.05) is 0 Å². The minimum absolute atomic E-state index is 0.00244. The molecule has 0 aromatic carbocycles. The van der Waals surface area contributed by atoms with Crippen LogP contribution in [0.2, 0.25) is 0 Å². The Morgan fingerprint density at radius 2 is 1.88 bits per heavy atom. The van der Waals surface area contributed by atoms with Gasteiger partial charge >= 0.3 is 5.97 Å². The molecule has 92 valence electrons. The van der Waals surface area contributed by atoms with Crippen LogP contribution in [0, 0.1) is 5.92 Å². The van der Waals surface area contributed by atoms with Crippen LogP contribution in [-0.2, 0) is 9.59 Å². The zero-order chi connectivity index (χ0) is 12.0. The Bertz CT molecular complexity index is 251. The third-order valence-corrected chi connectivity index (χ3v) is 3.58. The number of carboxylic acid groups (broad SMARTS) is 1. The zero-order valence-corrected chi connectivity index (χ0v) is 9.91. The molecule has 1 heterocycles. The molecular weight excluding hydrogens is 230 g/mol. The summed E-state index contributed by atoms with van der Waals surface area (Å²) < 4.78 is 0. The van der Waals surface area contributed by atoms with Gasteiger partial charge in [-0.05, 0) is 18.8 Å². The summed E-state index contributed by atoms with van der Waals surface area (Å²) in [4.78, 5) is 23.6. The number of aliphatic hydroxyl groups is 1. The number of amides is 1. The summed E-state index contributed by atoms with van der Waals surface area (Å²) in [5.74, 6) is -0.371. The minimum atomic E-state index is -0.892. The van der Waals surface area contributed by atoms with Gasteiger partial charge in [0, 0.05) is 19.7 Å². The number of likely N-dealkylation sites (tertiary alicyclic amines) is 1. The summed E-state index contributed by atoms with van der Waals surface area (Å²) in [6.45, 7) is 1.55. The van der Waals surface area contributed by atoms with Gasteiger partial charge in [0.2, 0.25) is 5.91 Å². The number of carbonyl (C=O) groups is 2. The van der Waals surface area contributed by atoms with E-state index in [2.05, 4.69) is 0 Å². The van der Waals surface area contributed by atoms with Gasteiger partial charge in [0.1, 0.15) is 0 Å². The second-order valence-corrected chi connectivity index (χ2v) is 4.88. The molecule has 0 aromatic heterocycles.